The van der Waals surface area contributed by atoms with Crippen molar-refractivity contribution in [1.82, 2.24) is 0 Å². The van der Waals surface area contributed by atoms with Gasteiger partial charge in [-0.2, -0.15) is 10.5 Å². The van der Waals surface area contributed by atoms with Crippen LogP contribution in [0, 0.1) is 28.5 Å². The van der Waals surface area contributed by atoms with Crippen LogP contribution >= 0.6 is 0 Å². The van der Waals surface area contributed by atoms with Gasteiger partial charge in [-0.1, -0.05) is 66.7 Å². The molecule has 0 heterocycles. The lowest BCUT2D eigenvalue weighted by Crippen LogP contribution is -2.00. The van der Waals surface area contributed by atoms with E-state index in [0.717, 1.165) is 16.3 Å². The first kappa shape index (κ1) is 19.9. The van der Waals surface area contributed by atoms with Gasteiger partial charge in [-0.15, -0.1) is 0 Å². The number of halogens is 1. The minimum Gasteiger partial charge on any atom is -0.488 e. The second kappa shape index (κ2) is 8.95. The van der Waals surface area contributed by atoms with E-state index in [-0.39, 0.29) is 17.7 Å². The minimum absolute atomic E-state index is 0.199. The van der Waals surface area contributed by atoms with Gasteiger partial charge in [0.2, 0.25) is 0 Å². The van der Waals surface area contributed by atoms with Gasteiger partial charge in [-0.25, -0.2) is 4.39 Å². The fourth-order valence-corrected chi connectivity index (χ4v) is 3.46. The standard InChI is InChI=1S/C27H17FN2O/c28-26-12-6-5-11-24(26)22(17-30)15-25-23-10-4-3-7-19(23)13-14-27(25)31-18-21-9-2-1-8-20(21)16-29/h1-15H,18H2. The maximum Gasteiger partial charge on any atom is 0.131 e. The molecule has 0 amide bonds. The zero-order valence-corrected chi connectivity index (χ0v) is 16.5. The first-order valence-corrected chi connectivity index (χ1v) is 9.70. The maximum atomic E-state index is 14.3. The average molecular weight is 404 g/mol. The molecule has 0 saturated heterocycles. The van der Waals surface area contributed by atoms with E-state index < -0.39 is 5.82 Å². The van der Waals surface area contributed by atoms with Gasteiger partial charge in [0.25, 0.3) is 0 Å². The fourth-order valence-electron chi connectivity index (χ4n) is 3.46. The Hall–Kier alpha value is -4.41. The number of rotatable bonds is 5. The summed E-state index contributed by atoms with van der Waals surface area (Å²) < 4.78 is 20.4. The highest BCUT2D eigenvalue weighted by Gasteiger charge is 2.13. The molecular weight excluding hydrogens is 387 g/mol. The number of hydrogen-bond donors (Lipinski definition) is 0. The van der Waals surface area contributed by atoms with E-state index in [1.54, 1.807) is 36.4 Å². The van der Waals surface area contributed by atoms with Gasteiger partial charge >= 0.3 is 0 Å². The molecule has 4 heteroatoms. The molecular formula is C27H17FN2O. The van der Waals surface area contributed by atoms with Gasteiger partial charge in [-0.05, 0) is 35.0 Å². The normalized spacial score (nSPS) is 11.0. The molecule has 4 rings (SSSR count). The van der Waals surface area contributed by atoms with Gasteiger partial charge in [0.15, 0.2) is 0 Å². The highest BCUT2D eigenvalue weighted by molar-refractivity contribution is 6.00. The second-order valence-corrected chi connectivity index (χ2v) is 6.91. The first-order valence-electron chi connectivity index (χ1n) is 9.70. The van der Waals surface area contributed by atoms with Crippen LogP contribution in [0.25, 0.3) is 22.4 Å². The number of nitriles is 2. The molecule has 0 unspecified atom stereocenters. The van der Waals surface area contributed by atoms with E-state index in [4.69, 9.17) is 4.74 Å². The molecule has 0 radical (unpaired) electrons. The Balaban J connectivity index is 1.82. The van der Waals surface area contributed by atoms with E-state index >= 15 is 0 Å². The number of hydrogen-bond acceptors (Lipinski definition) is 3. The summed E-state index contributed by atoms with van der Waals surface area (Å²) in [4.78, 5) is 0. The van der Waals surface area contributed by atoms with Crippen molar-refractivity contribution in [2.45, 2.75) is 6.61 Å². The van der Waals surface area contributed by atoms with Gasteiger partial charge in [0.05, 0.1) is 23.3 Å². The summed E-state index contributed by atoms with van der Waals surface area (Å²) in [5.74, 6) is 0.0940. The second-order valence-electron chi connectivity index (χ2n) is 6.91. The SMILES string of the molecule is N#CC(=Cc1c(OCc2ccccc2C#N)ccc2ccccc12)c1ccccc1F. The highest BCUT2D eigenvalue weighted by atomic mass is 19.1. The van der Waals surface area contributed by atoms with Gasteiger partial charge < -0.3 is 4.74 Å². The van der Waals surface area contributed by atoms with Crippen LogP contribution in [-0.2, 0) is 6.61 Å². The summed E-state index contributed by atoms with van der Waals surface area (Å²) in [6, 6.07) is 29.2. The Kier molecular flexibility index (Phi) is 5.74. The quantitative estimate of drug-likeness (QED) is 0.282. The van der Waals surface area contributed by atoms with Crippen LogP contribution in [0.15, 0.2) is 84.9 Å². The van der Waals surface area contributed by atoms with Crippen LogP contribution < -0.4 is 4.74 Å². The number of nitrogens with zero attached hydrogens (tertiary/aromatic N) is 2. The molecule has 0 aliphatic carbocycles. The molecule has 148 valence electrons. The van der Waals surface area contributed by atoms with E-state index in [1.165, 1.54) is 6.07 Å². The molecule has 0 bridgehead atoms. The van der Waals surface area contributed by atoms with Crippen LogP contribution in [0.3, 0.4) is 0 Å². The Morgan fingerprint density at radius 1 is 0.871 bits per heavy atom. The van der Waals surface area contributed by atoms with Crippen molar-refractivity contribution in [1.29, 1.82) is 10.5 Å². The monoisotopic (exact) mass is 404 g/mol. The van der Waals surface area contributed by atoms with Crippen molar-refractivity contribution < 1.29 is 9.13 Å². The lowest BCUT2D eigenvalue weighted by molar-refractivity contribution is 0.305. The molecule has 0 aliphatic heterocycles. The number of fused-ring (bicyclic) bond motifs is 1. The van der Waals surface area contributed by atoms with Crippen LogP contribution in [-0.4, -0.2) is 0 Å². The Labute approximate surface area is 179 Å². The molecule has 4 aromatic carbocycles. The zero-order valence-electron chi connectivity index (χ0n) is 16.5. The van der Waals surface area contributed by atoms with Crippen molar-refractivity contribution in [3.63, 3.8) is 0 Å². The lowest BCUT2D eigenvalue weighted by atomic mass is 9.98. The summed E-state index contributed by atoms with van der Waals surface area (Å²) in [6.45, 7) is 0.199. The third-order valence-corrected chi connectivity index (χ3v) is 5.02. The van der Waals surface area contributed by atoms with Crippen LogP contribution in [0.4, 0.5) is 4.39 Å². The number of ether oxygens (including phenoxy) is 1. The van der Waals surface area contributed by atoms with Crippen LogP contribution in [0.1, 0.15) is 22.3 Å². The topological polar surface area (TPSA) is 56.8 Å². The predicted octanol–water partition coefficient (Wildman–Crippen LogP) is 6.49. The first-order chi connectivity index (χ1) is 15.2. The van der Waals surface area contributed by atoms with Gasteiger partial charge in [-0.3, -0.25) is 0 Å². The van der Waals surface area contributed by atoms with E-state index in [1.807, 2.05) is 48.5 Å². The summed E-state index contributed by atoms with van der Waals surface area (Å²) in [7, 11) is 0. The largest absolute Gasteiger partial charge is 0.488 e. The molecule has 0 aromatic heterocycles. The van der Waals surface area contributed by atoms with Crippen molar-refractivity contribution in [2.24, 2.45) is 0 Å². The molecule has 0 saturated carbocycles. The smallest absolute Gasteiger partial charge is 0.131 e. The molecule has 31 heavy (non-hydrogen) atoms. The number of benzene rings is 4. The van der Waals surface area contributed by atoms with Gasteiger partial charge in [0, 0.05) is 16.7 Å². The maximum absolute atomic E-state index is 14.3. The lowest BCUT2D eigenvalue weighted by Gasteiger charge is -2.13. The molecule has 0 fully saturated rings. The Bertz CT molecular complexity index is 1380. The van der Waals surface area contributed by atoms with Crippen molar-refractivity contribution in [2.75, 3.05) is 0 Å². The Morgan fingerprint density at radius 3 is 2.42 bits per heavy atom. The molecule has 4 aromatic rings. The van der Waals surface area contributed by atoms with Crippen molar-refractivity contribution in [3.8, 4) is 17.9 Å². The highest BCUT2D eigenvalue weighted by Crippen LogP contribution is 2.33. The Morgan fingerprint density at radius 2 is 1.61 bits per heavy atom. The van der Waals surface area contributed by atoms with Gasteiger partial charge in [0.1, 0.15) is 18.2 Å². The minimum atomic E-state index is -0.457. The predicted molar refractivity (Wildman–Crippen MR) is 119 cm³/mol. The summed E-state index contributed by atoms with van der Waals surface area (Å²) >= 11 is 0. The van der Waals surface area contributed by atoms with Crippen molar-refractivity contribution >= 4 is 22.4 Å². The molecule has 0 aliphatic rings. The van der Waals surface area contributed by atoms with E-state index in [0.29, 0.717) is 16.9 Å². The summed E-state index contributed by atoms with van der Waals surface area (Å²) in [6.07, 6.45) is 1.66. The van der Waals surface area contributed by atoms with Crippen LogP contribution in [0.2, 0.25) is 0 Å². The zero-order chi connectivity index (χ0) is 21.6. The summed E-state index contributed by atoms with van der Waals surface area (Å²) in [5, 5.41) is 20.9. The van der Waals surface area contributed by atoms with E-state index in [2.05, 4.69) is 12.1 Å². The molecule has 3 nitrogen and oxygen atoms in total. The number of allylic oxidation sites excluding steroid dienone is 1. The van der Waals surface area contributed by atoms with Crippen LogP contribution in [0.5, 0.6) is 5.75 Å². The fraction of sp³-hybridized carbons (Fsp3) is 0.0370. The molecule has 0 N–H and O–H groups in total. The summed E-state index contributed by atoms with van der Waals surface area (Å²) in [5.41, 5.74) is 2.44. The average Bonchev–Trinajstić information content (AvgIpc) is 2.82. The molecule has 0 spiro atoms. The third kappa shape index (κ3) is 4.15. The van der Waals surface area contributed by atoms with E-state index in [9.17, 15) is 14.9 Å². The molecule has 0 atom stereocenters. The van der Waals surface area contributed by atoms with Crippen molar-refractivity contribution in [3.05, 3.63) is 113 Å². The third-order valence-electron chi connectivity index (χ3n) is 5.02.